The number of amides is 9. The van der Waals surface area contributed by atoms with E-state index >= 15 is 0 Å². The molecule has 0 aliphatic rings. The Morgan fingerprint density at radius 2 is 0.885 bits per heavy atom. The topological polar surface area (TPSA) is 505 Å². The van der Waals surface area contributed by atoms with Gasteiger partial charge in [-0.1, -0.05) is 55.4 Å². The lowest BCUT2D eigenvalue weighted by Gasteiger charge is -2.28. The second kappa shape index (κ2) is 36.0. The first-order valence-corrected chi connectivity index (χ1v) is 25.6. The minimum atomic E-state index is -1.79. The van der Waals surface area contributed by atoms with Gasteiger partial charge >= 0.3 is 17.9 Å². The average molecular weight is 1120 g/mol. The van der Waals surface area contributed by atoms with E-state index in [9.17, 15) is 83.1 Å². The maximum absolute atomic E-state index is 13.9. The number of hydrogen-bond acceptors (Lipinski definition) is 16. The molecule has 9 amide bonds. The van der Waals surface area contributed by atoms with Crippen molar-refractivity contribution >= 4 is 77.0 Å². The van der Waals surface area contributed by atoms with Crippen molar-refractivity contribution in [2.45, 2.75) is 181 Å². The lowest BCUT2D eigenvalue weighted by molar-refractivity contribution is -0.143. The number of carbonyl (C=O) groups excluding carboxylic acids is 9. The van der Waals surface area contributed by atoms with Crippen LogP contribution >= 0.6 is 0 Å². The minimum absolute atomic E-state index is 0.00602. The number of aliphatic hydroxyl groups is 2. The molecule has 0 saturated carbocycles. The fourth-order valence-corrected chi connectivity index (χ4v) is 7.42. The zero-order valence-corrected chi connectivity index (χ0v) is 45.9. The molecular formula is C48H85N13O17. The predicted octanol–water partition coefficient (Wildman–Crippen LogP) is -4.66. The van der Waals surface area contributed by atoms with Crippen LogP contribution < -0.4 is 65.1 Å². The molecular weight excluding hydrogens is 1030 g/mol. The van der Waals surface area contributed by atoms with Crippen LogP contribution in [-0.4, -0.2) is 183 Å². The Morgan fingerprint density at radius 1 is 0.474 bits per heavy atom. The quantitative estimate of drug-likeness (QED) is 0.0157. The summed E-state index contributed by atoms with van der Waals surface area (Å²) in [5.74, 6) is -14.4. The second-order valence-corrected chi connectivity index (χ2v) is 20.6. The smallest absolute Gasteiger partial charge is 0.326 e. The molecule has 0 aromatic heterocycles. The molecule has 0 rings (SSSR count). The maximum Gasteiger partial charge on any atom is 0.326 e. The summed E-state index contributed by atoms with van der Waals surface area (Å²) in [7, 11) is 0. The van der Waals surface area contributed by atoms with E-state index in [2.05, 4.69) is 52.8 Å². The van der Waals surface area contributed by atoms with Crippen molar-refractivity contribution in [1.82, 2.24) is 47.9 Å². The number of nitrogens with two attached hydrogens (primary N) is 3. The van der Waals surface area contributed by atoms with E-state index in [-0.39, 0.29) is 74.7 Å². The number of nitrogens with one attached hydrogen (secondary N) is 9. The Hall–Kier alpha value is -7.21. The lowest BCUT2D eigenvalue weighted by Crippen LogP contribution is -2.61. The summed E-state index contributed by atoms with van der Waals surface area (Å²) in [4.78, 5) is 160. The van der Waals surface area contributed by atoms with Crippen LogP contribution in [0.2, 0.25) is 0 Å². The standard InChI is InChI=1S/C48H85N13O17/c1-22(2)15-27(49)39(69)56-32(19-37(67)68)43(73)57-30(16-23(3)4)42(72)58-31(17-24(5)6)44(74)61-38(26(9)63)46(76)53-20-35(64)54-29(12-13-36(65)66)41(71)55-28(11-10-14-52-48(50)51)40(70)60-34(21-62)45(75)59-33(47(77)78)18-25(7)8/h22-34,38,62-63H,10-21,49H2,1-9H3,(H,53,76)(H,54,64)(H,55,71)(H,56,69)(H,57,73)(H,58,72)(H,59,75)(H,60,70)(H,61,74)(H,65,66)(H,67,68)(H,77,78)(H4,50,51,52)/t26-,27+,28+,29+,30+,31+,32+,33+,34+,38+/m1/s1. The Morgan fingerprint density at radius 3 is 1.33 bits per heavy atom. The molecule has 444 valence electrons. The summed E-state index contributed by atoms with van der Waals surface area (Å²) < 4.78 is 0. The summed E-state index contributed by atoms with van der Waals surface area (Å²) in [6.07, 6.45) is -3.82. The number of carboxylic acid groups (broad SMARTS) is 3. The van der Waals surface area contributed by atoms with Crippen LogP contribution in [0.3, 0.4) is 0 Å². The minimum Gasteiger partial charge on any atom is -0.481 e. The third-order valence-electron chi connectivity index (χ3n) is 11.3. The summed E-state index contributed by atoms with van der Waals surface area (Å²) in [5.41, 5.74) is 16.7. The molecule has 0 aliphatic heterocycles. The molecule has 0 heterocycles. The number of carboxylic acids is 3. The van der Waals surface area contributed by atoms with E-state index in [1.54, 1.807) is 41.5 Å². The number of aliphatic carboxylic acids is 3. The normalized spacial score (nSPS) is 15.1. The molecule has 10 atom stereocenters. The van der Waals surface area contributed by atoms with Gasteiger partial charge in [0.2, 0.25) is 53.2 Å². The van der Waals surface area contributed by atoms with Crippen molar-refractivity contribution in [2.24, 2.45) is 45.9 Å². The lowest BCUT2D eigenvalue weighted by atomic mass is 9.99. The molecule has 30 nitrogen and oxygen atoms in total. The molecule has 20 N–H and O–H groups in total. The third kappa shape index (κ3) is 29.3. The van der Waals surface area contributed by atoms with Crippen LogP contribution in [0, 0.1) is 23.7 Å². The highest BCUT2D eigenvalue weighted by Crippen LogP contribution is 2.12. The highest BCUT2D eigenvalue weighted by Gasteiger charge is 2.36. The maximum atomic E-state index is 13.9. The van der Waals surface area contributed by atoms with Gasteiger partial charge in [-0.05, 0) is 75.5 Å². The van der Waals surface area contributed by atoms with Crippen molar-refractivity contribution in [3.05, 3.63) is 0 Å². The van der Waals surface area contributed by atoms with E-state index in [1.807, 2.05) is 13.8 Å². The fourth-order valence-electron chi connectivity index (χ4n) is 7.42. The number of aliphatic imine (C=N–C) groups is 1. The number of nitrogens with zero attached hydrogens (tertiary/aromatic N) is 1. The molecule has 0 fully saturated rings. The number of hydrogen-bond donors (Lipinski definition) is 17. The van der Waals surface area contributed by atoms with Crippen LogP contribution in [-0.2, 0) is 57.5 Å². The van der Waals surface area contributed by atoms with Crippen molar-refractivity contribution < 1.29 is 83.1 Å². The Kier molecular flexibility index (Phi) is 32.7. The molecule has 0 aromatic carbocycles. The van der Waals surface area contributed by atoms with Crippen LogP contribution in [0.5, 0.6) is 0 Å². The monoisotopic (exact) mass is 1120 g/mol. The summed E-state index contributed by atoms with van der Waals surface area (Å²) in [5, 5.41) is 70.1. The first-order chi connectivity index (χ1) is 36.2. The van der Waals surface area contributed by atoms with Crippen molar-refractivity contribution in [3.8, 4) is 0 Å². The van der Waals surface area contributed by atoms with E-state index in [1.165, 1.54) is 0 Å². The van der Waals surface area contributed by atoms with Gasteiger partial charge in [-0.15, -0.1) is 0 Å². The summed E-state index contributed by atoms with van der Waals surface area (Å²) in [6.45, 7) is 13.0. The SMILES string of the molecule is CC(C)C[C@H](NC(=O)[C@H](CO)NC(=O)[C@H](CCCN=C(N)N)NC(=O)[C@H](CCC(=O)O)NC(=O)CNC(=O)[C@@H](NC(=O)[C@H](CC(C)C)NC(=O)[C@H](CC(C)C)NC(=O)[C@H](CC(=O)O)NC(=O)[C@@H](N)CC(C)C)[C@@H](C)O)C(=O)O. The van der Waals surface area contributed by atoms with Crippen LogP contribution in [0.1, 0.15) is 120 Å². The first kappa shape index (κ1) is 70.8. The van der Waals surface area contributed by atoms with E-state index in [0.29, 0.717) is 0 Å². The predicted molar refractivity (Wildman–Crippen MR) is 280 cm³/mol. The number of carbonyl (C=O) groups is 12. The van der Waals surface area contributed by atoms with Gasteiger partial charge in [0.15, 0.2) is 5.96 Å². The second-order valence-electron chi connectivity index (χ2n) is 20.6. The van der Waals surface area contributed by atoms with Gasteiger partial charge in [0.25, 0.3) is 0 Å². The molecule has 78 heavy (non-hydrogen) atoms. The van der Waals surface area contributed by atoms with Gasteiger partial charge in [0.05, 0.1) is 31.7 Å². The van der Waals surface area contributed by atoms with Gasteiger partial charge in [0, 0.05) is 13.0 Å². The number of aliphatic hydroxyl groups excluding tert-OH is 2. The molecule has 0 radical (unpaired) electrons. The van der Waals surface area contributed by atoms with Gasteiger partial charge in [0.1, 0.15) is 48.3 Å². The largest absolute Gasteiger partial charge is 0.481 e. The molecule has 0 aliphatic carbocycles. The van der Waals surface area contributed by atoms with Gasteiger partial charge < -0.3 is 90.6 Å². The zero-order valence-electron chi connectivity index (χ0n) is 45.9. The van der Waals surface area contributed by atoms with Gasteiger partial charge in [-0.3, -0.25) is 57.7 Å². The zero-order chi connectivity index (χ0) is 60.1. The Bertz CT molecular complexity index is 2080. The van der Waals surface area contributed by atoms with Crippen molar-refractivity contribution in [1.29, 1.82) is 0 Å². The van der Waals surface area contributed by atoms with Crippen molar-refractivity contribution in [2.75, 3.05) is 19.7 Å². The van der Waals surface area contributed by atoms with Gasteiger partial charge in [-0.2, -0.15) is 0 Å². The highest BCUT2D eigenvalue weighted by molar-refractivity contribution is 5.98. The average Bonchev–Trinajstić information content (AvgIpc) is 3.31. The molecule has 0 bridgehead atoms. The third-order valence-corrected chi connectivity index (χ3v) is 11.3. The van der Waals surface area contributed by atoms with Crippen LogP contribution in [0.25, 0.3) is 0 Å². The fraction of sp³-hybridized carbons (Fsp3) is 0.729. The van der Waals surface area contributed by atoms with Crippen molar-refractivity contribution in [3.63, 3.8) is 0 Å². The molecule has 0 unspecified atom stereocenters. The Balaban J connectivity index is 6.41. The van der Waals surface area contributed by atoms with Crippen LogP contribution in [0.15, 0.2) is 4.99 Å². The number of guanidine groups is 1. The number of rotatable bonds is 38. The summed E-state index contributed by atoms with van der Waals surface area (Å²) >= 11 is 0. The van der Waals surface area contributed by atoms with Crippen LogP contribution in [0.4, 0.5) is 0 Å². The molecule has 0 aromatic rings. The molecule has 0 saturated heterocycles. The van der Waals surface area contributed by atoms with Gasteiger partial charge in [-0.25, -0.2) is 4.79 Å². The highest BCUT2D eigenvalue weighted by atomic mass is 16.4. The first-order valence-electron chi connectivity index (χ1n) is 25.6. The Labute approximate surface area is 453 Å². The van der Waals surface area contributed by atoms with E-state index in [4.69, 9.17) is 17.2 Å². The summed E-state index contributed by atoms with van der Waals surface area (Å²) in [6, 6.07) is -13.6. The molecule has 0 spiro atoms. The molecule has 30 heteroatoms. The van der Waals surface area contributed by atoms with E-state index in [0.717, 1.165) is 6.92 Å². The van der Waals surface area contributed by atoms with E-state index < -0.39 is 164 Å².